The second kappa shape index (κ2) is 12.7. The van der Waals surface area contributed by atoms with Crippen LogP contribution < -0.4 is 5.32 Å². The van der Waals surface area contributed by atoms with Crippen LogP contribution in [0, 0.1) is 0 Å². The molecular weight excluding hydrogens is 496 g/mol. The first kappa shape index (κ1) is 27.4. The number of ether oxygens (including phenoxy) is 1. The molecule has 0 saturated carbocycles. The van der Waals surface area contributed by atoms with E-state index in [1.807, 2.05) is 48.5 Å². The Hall–Kier alpha value is -4.17. The van der Waals surface area contributed by atoms with Crippen molar-refractivity contribution in [1.82, 2.24) is 10.2 Å². The summed E-state index contributed by atoms with van der Waals surface area (Å²) in [7, 11) is 1.26. The van der Waals surface area contributed by atoms with Gasteiger partial charge in [-0.2, -0.15) is 0 Å². The average Bonchev–Trinajstić information content (AvgIpc) is 2.88. The lowest BCUT2D eigenvalue weighted by atomic mass is 9.99. The topological polar surface area (TPSA) is 113 Å². The second-order valence-electron chi connectivity index (χ2n) is 8.40. The summed E-state index contributed by atoms with van der Waals surface area (Å²) in [6.07, 6.45) is 0.229. The summed E-state index contributed by atoms with van der Waals surface area (Å²) < 4.78 is 4.88. The predicted octanol–water partition coefficient (Wildman–Crippen LogP) is 3.95. The van der Waals surface area contributed by atoms with Crippen LogP contribution >= 0.6 is 11.6 Å². The fraction of sp³-hybridized carbons (Fsp3) is 0.214. The molecule has 0 aromatic heterocycles. The monoisotopic (exact) mass is 522 g/mol. The van der Waals surface area contributed by atoms with Gasteiger partial charge in [0.15, 0.2) is 0 Å². The van der Waals surface area contributed by atoms with Gasteiger partial charge in [0, 0.05) is 19.9 Å². The van der Waals surface area contributed by atoms with Crippen molar-refractivity contribution in [2.75, 3.05) is 13.7 Å². The summed E-state index contributed by atoms with van der Waals surface area (Å²) in [6.45, 7) is 1.19. The summed E-state index contributed by atoms with van der Waals surface area (Å²) in [5, 5.41) is 12.0. The van der Waals surface area contributed by atoms with Crippen LogP contribution in [0.1, 0.15) is 28.4 Å². The number of esters is 1. The van der Waals surface area contributed by atoms with E-state index in [9.17, 15) is 19.2 Å². The van der Waals surface area contributed by atoms with Crippen molar-refractivity contribution in [3.8, 4) is 11.1 Å². The highest BCUT2D eigenvalue weighted by molar-refractivity contribution is 6.33. The van der Waals surface area contributed by atoms with Crippen LogP contribution in [0.25, 0.3) is 11.1 Å². The maximum Gasteiger partial charge on any atom is 0.328 e. The SMILES string of the molecule is COC(=O)[C@H](Cc1ccc(-c2ccc(CN(CC(=O)O)C(C)=O)cc2)cc1)NC(=O)c1ccccc1Cl. The Morgan fingerprint density at radius 1 is 0.919 bits per heavy atom. The van der Waals surface area contributed by atoms with E-state index in [2.05, 4.69) is 5.32 Å². The lowest BCUT2D eigenvalue weighted by Gasteiger charge is -2.19. The number of aliphatic carboxylic acids is 1. The van der Waals surface area contributed by atoms with E-state index < -0.39 is 23.9 Å². The lowest BCUT2D eigenvalue weighted by Crippen LogP contribution is -2.43. The molecule has 8 nitrogen and oxygen atoms in total. The van der Waals surface area contributed by atoms with Gasteiger partial charge in [0.05, 0.1) is 17.7 Å². The van der Waals surface area contributed by atoms with Crippen molar-refractivity contribution in [3.63, 3.8) is 0 Å². The molecule has 37 heavy (non-hydrogen) atoms. The Labute approximate surface area is 219 Å². The molecule has 2 N–H and O–H groups in total. The van der Waals surface area contributed by atoms with Gasteiger partial charge in [-0.3, -0.25) is 14.4 Å². The lowest BCUT2D eigenvalue weighted by molar-refractivity contribution is -0.144. The fourth-order valence-corrected chi connectivity index (χ4v) is 3.97. The molecule has 0 unspecified atom stereocenters. The molecule has 3 aromatic rings. The molecule has 0 bridgehead atoms. The molecule has 0 aliphatic rings. The summed E-state index contributed by atoms with van der Waals surface area (Å²) in [6, 6.07) is 20.7. The molecule has 0 heterocycles. The Kier molecular flexibility index (Phi) is 9.40. The number of methoxy groups -OCH3 is 1. The van der Waals surface area contributed by atoms with Crippen LogP contribution in [0.2, 0.25) is 5.02 Å². The highest BCUT2D eigenvalue weighted by Crippen LogP contribution is 2.22. The van der Waals surface area contributed by atoms with Crippen LogP contribution in [-0.4, -0.2) is 53.5 Å². The number of halogens is 1. The number of amides is 2. The van der Waals surface area contributed by atoms with Crippen molar-refractivity contribution >= 4 is 35.4 Å². The Morgan fingerprint density at radius 2 is 1.49 bits per heavy atom. The summed E-state index contributed by atoms with van der Waals surface area (Å²) in [5.41, 5.74) is 3.76. The van der Waals surface area contributed by atoms with E-state index in [0.717, 1.165) is 22.3 Å². The minimum absolute atomic E-state index is 0.204. The van der Waals surface area contributed by atoms with Crippen molar-refractivity contribution in [2.24, 2.45) is 0 Å². The molecule has 0 aliphatic carbocycles. The first-order chi connectivity index (χ1) is 17.7. The zero-order valence-corrected chi connectivity index (χ0v) is 21.2. The van der Waals surface area contributed by atoms with Crippen molar-refractivity contribution in [1.29, 1.82) is 0 Å². The molecule has 0 aliphatic heterocycles. The zero-order valence-electron chi connectivity index (χ0n) is 20.4. The van der Waals surface area contributed by atoms with Crippen molar-refractivity contribution in [2.45, 2.75) is 25.9 Å². The van der Waals surface area contributed by atoms with Crippen LogP contribution in [0.4, 0.5) is 0 Å². The molecule has 3 rings (SSSR count). The van der Waals surface area contributed by atoms with Crippen LogP contribution in [0.15, 0.2) is 72.8 Å². The smallest absolute Gasteiger partial charge is 0.328 e. The van der Waals surface area contributed by atoms with Crippen LogP contribution in [0.3, 0.4) is 0 Å². The standard InChI is InChI=1S/C28H27ClN2O6/c1-18(32)31(17-26(33)34)16-20-9-13-22(14-10-20)21-11-7-19(8-12-21)15-25(28(36)37-2)30-27(35)23-5-3-4-6-24(23)29/h3-14,25H,15-17H2,1-2H3,(H,30,35)(H,33,34)/t25-/m0/s1. The molecule has 3 aromatic carbocycles. The molecule has 2 amide bonds. The molecular formula is C28H27ClN2O6. The fourth-order valence-electron chi connectivity index (χ4n) is 3.75. The number of hydrogen-bond acceptors (Lipinski definition) is 5. The Balaban J connectivity index is 1.69. The third-order valence-corrected chi connectivity index (χ3v) is 6.07. The van der Waals surface area contributed by atoms with E-state index in [-0.39, 0.29) is 36.0 Å². The van der Waals surface area contributed by atoms with E-state index in [4.69, 9.17) is 21.4 Å². The van der Waals surface area contributed by atoms with Gasteiger partial charge in [0.25, 0.3) is 5.91 Å². The van der Waals surface area contributed by atoms with Gasteiger partial charge < -0.3 is 20.1 Å². The van der Waals surface area contributed by atoms with Crippen molar-refractivity contribution in [3.05, 3.63) is 94.5 Å². The third kappa shape index (κ3) is 7.65. The van der Waals surface area contributed by atoms with Gasteiger partial charge in [-0.15, -0.1) is 0 Å². The number of carboxylic acids is 1. The number of benzene rings is 3. The van der Waals surface area contributed by atoms with E-state index >= 15 is 0 Å². The number of nitrogens with zero attached hydrogens (tertiary/aromatic N) is 1. The van der Waals surface area contributed by atoms with Crippen molar-refractivity contribution < 1.29 is 29.0 Å². The molecule has 0 spiro atoms. The van der Waals surface area contributed by atoms with Gasteiger partial charge in [0.2, 0.25) is 5.91 Å². The quantitative estimate of drug-likeness (QED) is 0.390. The average molecular weight is 523 g/mol. The summed E-state index contributed by atoms with van der Waals surface area (Å²) in [4.78, 5) is 48.9. The van der Waals surface area contributed by atoms with Crippen LogP contribution in [0.5, 0.6) is 0 Å². The number of hydrogen-bond donors (Lipinski definition) is 2. The van der Waals surface area contributed by atoms with Gasteiger partial charge in [-0.1, -0.05) is 72.3 Å². The maximum absolute atomic E-state index is 12.7. The van der Waals surface area contributed by atoms with Crippen LogP contribution in [-0.2, 0) is 32.1 Å². The Bertz CT molecular complexity index is 1270. The summed E-state index contributed by atoms with van der Waals surface area (Å²) >= 11 is 6.10. The summed E-state index contributed by atoms with van der Waals surface area (Å²) in [5.74, 6) is -2.41. The first-order valence-corrected chi connectivity index (χ1v) is 11.8. The Morgan fingerprint density at radius 3 is 2.00 bits per heavy atom. The van der Waals surface area contributed by atoms with Gasteiger partial charge in [-0.05, 0) is 34.4 Å². The largest absolute Gasteiger partial charge is 0.480 e. The first-order valence-electron chi connectivity index (χ1n) is 11.5. The molecule has 0 saturated heterocycles. The van der Waals surface area contributed by atoms with Gasteiger partial charge in [0.1, 0.15) is 12.6 Å². The molecule has 0 radical (unpaired) electrons. The number of carbonyl (C=O) groups is 4. The number of carbonyl (C=O) groups excluding carboxylic acids is 3. The normalized spacial score (nSPS) is 11.3. The van der Waals surface area contributed by atoms with Gasteiger partial charge >= 0.3 is 11.9 Å². The second-order valence-corrected chi connectivity index (χ2v) is 8.80. The molecule has 192 valence electrons. The highest BCUT2D eigenvalue weighted by atomic mass is 35.5. The number of carboxylic acid groups (broad SMARTS) is 1. The highest BCUT2D eigenvalue weighted by Gasteiger charge is 2.23. The predicted molar refractivity (Wildman–Crippen MR) is 139 cm³/mol. The molecule has 1 atom stereocenters. The minimum atomic E-state index is -1.07. The van der Waals surface area contributed by atoms with Gasteiger partial charge in [-0.25, -0.2) is 4.79 Å². The third-order valence-electron chi connectivity index (χ3n) is 5.74. The van der Waals surface area contributed by atoms with E-state index in [1.54, 1.807) is 24.3 Å². The number of rotatable bonds is 10. The number of nitrogens with one attached hydrogen (secondary N) is 1. The molecule has 0 fully saturated rings. The zero-order chi connectivity index (χ0) is 26.9. The van der Waals surface area contributed by atoms with E-state index in [0.29, 0.717) is 0 Å². The minimum Gasteiger partial charge on any atom is -0.480 e. The van der Waals surface area contributed by atoms with E-state index in [1.165, 1.54) is 18.9 Å². The molecule has 9 heteroatoms. The maximum atomic E-state index is 12.7.